The van der Waals surface area contributed by atoms with Crippen LogP contribution >= 0.6 is 11.6 Å². The average Bonchev–Trinajstić information content (AvgIpc) is 3.14. The lowest BCUT2D eigenvalue weighted by molar-refractivity contribution is 0.00675. The van der Waals surface area contributed by atoms with Gasteiger partial charge in [0.05, 0.1) is 23.8 Å². The molecule has 1 amide bonds. The van der Waals surface area contributed by atoms with Gasteiger partial charge < -0.3 is 14.4 Å². The Morgan fingerprint density at radius 2 is 2.10 bits per heavy atom. The molecule has 10 heteroatoms. The number of carbonyl (C=O) groups is 1. The number of hydrogen-bond donors (Lipinski definition) is 0. The number of ether oxygens (including phenoxy) is 2. The number of likely N-dealkylation sites (tertiary alicyclic amines) is 1. The fourth-order valence-corrected chi connectivity index (χ4v) is 3.55. The summed E-state index contributed by atoms with van der Waals surface area (Å²) < 4.78 is 27.6. The smallest absolute Gasteiger partial charge is 0.410 e. The Morgan fingerprint density at radius 3 is 2.87 bits per heavy atom. The van der Waals surface area contributed by atoms with E-state index in [4.69, 9.17) is 21.1 Å². The van der Waals surface area contributed by atoms with Crippen molar-refractivity contribution < 1.29 is 18.7 Å². The highest BCUT2D eigenvalue weighted by atomic mass is 35.5. The first-order chi connectivity index (χ1) is 14.7. The molecule has 0 N–H and O–H groups in total. The molecule has 0 spiro atoms. The van der Waals surface area contributed by atoms with E-state index in [0.29, 0.717) is 24.9 Å². The normalized spacial score (nSPS) is 17.1. The molecule has 164 valence electrons. The molecule has 0 aromatic carbocycles. The molecule has 1 saturated heterocycles. The Kier molecular flexibility index (Phi) is 5.70. The van der Waals surface area contributed by atoms with E-state index >= 15 is 0 Å². The molecule has 4 rings (SSSR count). The molecule has 31 heavy (non-hydrogen) atoms. The number of halogens is 2. The van der Waals surface area contributed by atoms with Crippen molar-refractivity contribution in [3.05, 3.63) is 41.6 Å². The Bertz CT molecular complexity index is 1110. The van der Waals surface area contributed by atoms with Crippen molar-refractivity contribution in [1.82, 2.24) is 24.5 Å². The van der Waals surface area contributed by atoms with Gasteiger partial charge in [0.2, 0.25) is 5.82 Å². The molecule has 4 heterocycles. The van der Waals surface area contributed by atoms with Crippen molar-refractivity contribution in [2.24, 2.45) is 0 Å². The van der Waals surface area contributed by atoms with E-state index in [1.807, 2.05) is 39.0 Å². The summed E-state index contributed by atoms with van der Waals surface area (Å²) in [6, 6.07) is 5.55. The first-order valence-electron chi connectivity index (χ1n) is 10.0. The monoisotopic (exact) mass is 447 g/mol. The van der Waals surface area contributed by atoms with E-state index in [-0.39, 0.29) is 23.4 Å². The van der Waals surface area contributed by atoms with Gasteiger partial charge >= 0.3 is 6.09 Å². The predicted octanol–water partition coefficient (Wildman–Crippen LogP) is 4.36. The lowest BCUT2D eigenvalue weighted by Gasteiger charge is -2.34. The Hall–Kier alpha value is -2.94. The summed E-state index contributed by atoms with van der Waals surface area (Å²) in [4.78, 5) is 22.3. The van der Waals surface area contributed by atoms with Crippen LogP contribution in [-0.2, 0) is 4.74 Å². The molecular weight excluding hydrogens is 425 g/mol. The predicted molar refractivity (Wildman–Crippen MR) is 113 cm³/mol. The number of carbonyl (C=O) groups excluding carboxylic acids is 1. The van der Waals surface area contributed by atoms with Crippen molar-refractivity contribution in [2.75, 3.05) is 13.1 Å². The third kappa shape index (κ3) is 4.71. The van der Waals surface area contributed by atoms with E-state index in [1.165, 1.54) is 0 Å². The maximum Gasteiger partial charge on any atom is 0.410 e. The van der Waals surface area contributed by atoms with Crippen LogP contribution in [-0.4, -0.2) is 55.4 Å². The highest BCUT2D eigenvalue weighted by molar-refractivity contribution is 6.29. The van der Waals surface area contributed by atoms with Crippen molar-refractivity contribution >= 4 is 23.2 Å². The quantitative estimate of drug-likeness (QED) is 0.555. The van der Waals surface area contributed by atoms with Crippen LogP contribution in [0.2, 0.25) is 5.15 Å². The van der Waals surface area contributed by atoms with Gasteiger partial charge in [0, 0.05) is 12.7 Å². The highest BCUT2D eigenvalue weighted by Crippen LogP contribution is 2.29. The van der Waals surface area contributed by atoms with E-state index in [0.717, 1.165) is 5.52 Å². The lowest BCUT2D eigenvalue weighted by Crippen LogP contribution is -2.46. The van der Waals surface area contributed by atoms with Gasteiger partial charge in [0.15, 0.2) is 11.0 Å². The maximum absolute atomic E-state index is 14.7. The number of fused-ring (bicyclic) bond motifs is 1. The number of aromatic nitrogens is 4. The molecule has 1 atom stereocenters. The third-order valence-electron chi connectivity index (χ3n) is 4.76. The van der Waals surface area contributed by atoms with Crippen molar-refractivity contribution in [3.63, 3.8) is 0 Å². The molecule has 0 aliphatic carbocycles. The summed E-state index contributed by atoms with van der Waals surface area (Å²) in [5, 5.41) is 3.91. The summed E-state index contributed by atoms with van der Waals surface area (Å²) in [5.74, 6) is -0.875. The van der Waals surface area contributed by atoms with Gasteiger partial charge in [-0.3, -0.25) is 0 Å². The van der Waals surface area contributed by atoms with Gasteiger partial charge in [0.1, 0.15) is 11.7 Å². The summed E-state index contributed by atoms with van der Waals surface area (Å²) in [6.45, 7) is 6.24. The molecule has 3 aromatic rings. The van der Waals surface area contributed by atoms with Gasteiger partial charge in [-0.1, -0.05) is 17.7 Å². The minimum absolute atomic E-state index is 0.211. The SMILES string of the molecule is CC(C)(C)OC(=O)N1CCC[C@@H](Oc2nc(-c3cnn4ccccc34)nc(Cl)c2F)C1. The molecule has 1 fully saturated rings. The van der Waals surface area contributed by atoms with Crippen LogP contribution in [0.25, 0.3) is 16.9 Å². The fraction of sp³-hybridized carbons (Fsp3) is 0.429. The number of nitrogens with zero attached hydrogens (tertiary/aromatic N) is 5. The van der Waals surface area contributed by atoms with Crippen LogP contribution in [0.4, 0.5) is 9.18 Å². The van der Waals surface area contributed by atoms with Crippen LogP contribution in [0, 0.1) is 5.82 Å². The first-order valence-corrected chi connectivity index (χ1v) is 10.4. The Morgan fingerprint density at radius 1 is 1.29 bits per heavy atom. The molecule has 0 saturated carbocycles. The molecule has 0 radical (unpaired) electrons. The lowest BCUT2D eigenvalue weighted by atomic mass is 10.1. The second-order valence-electron chi connectivity index (χ2n) is 8.35. The van der Waals surface area contributed by atoms with E-state index in [1.54, 1.807) is 21.8 Å². The number of rotatable bonds is 3. The van der Waals surface area contributed by atoms with Gasteiger partial charge in [-0.05, 0) is 45.7 Å². The summed E-state index contributed by atoms with van der Waals surface area (Å²) in [6.07, 6.45) is 3.85. The van der Waals surface area contributed by atoms with Crippen LogP contribution in [0.3, 0.4) is 0 Å². The van der Waals surface area contributed by atoms with Crippen LogP contribution in [0.1, 0.15) is 33.6 Å². The first kappa shape index (κ1) is 21.3. The van der Waals surface area contributed by atoms with Gasteiger partial charge in [-0.15, -0.1) is 0 Å². The molecular formula is C21H23ClFN5O3. The van der Waals surface area contributed by atoms with Gasteiger partial charge in [-0.2, -0.15) is 14.5 Å². The van der Waals surface area contributed by atoms with Gasteiger partial charge in [-0.25, -0.2) is 14.3 Å². The second kappa shape index (κ2) is 8.30. The summed E-state index contributed by atoms with van der Waals surface area (Å²) in [7, 11) is 0. The average molecular weight is 448 g/mol. The largest absolute Gasteiger partial charge is 0.470 e. The third-order valence-corrected chi connectivity index (χ3v) is 5.01. The Labute approximate surface area is 183 Å². The van der Waals surface area contributed by atoms with Crippen molar-refractivity contribution in [3.8, 4) is 17.3 Å². The zero-order valence-electron chi connectivity index (χ0n) is 17.5. The van der Waals surface area contributed by atoms with E-state index < -0.39 is 23.6 Å². The molecule has 1 aliphatic rings. The second-order valence-corrected chi connectivity index (χ2v) is 8.71. The van der Waals surface area contributed by atoms with Crippen LogP contribution in [0.5, 0.6) is 5.88 Å². The minimum Gasteiger partial charge on any atom is -0.470 e. The number of piperidine rings is 1. The number of pyridine rings is 1. The molecule has 3 aromatic heterocycles. The highest BCUT2D eigenvalue weighted by Gasteiger charge is 2.30. The minimum atomic E-state index is -0.837. The fourth-order valence-electron chi connectivity index (χ4n) is 3.39. The van der Waals surface area contributed by atoms with E-state index in [2.05, 4.69) is 15.1 Å². The number of hydrogen-bond acceptors (Lipinski definition) is 6. The Balaban J connectivity index is 1.56. The number of amides is 1. The van der Waals surface area contributed by atoms with Crippen LogP contribution < -0.4 is 4.74 Å². The molecule has 1 aliphatic heterocycles. The van der Waals surface area contributed by atoms with Crippen molar-refractivity contribution in [2.45, 2.75) is 45.3 Å². The molecule has 0 unspecified atom stereocenters. The van der Waals surface area contributed by atoms with Gasteiger partial charge in [0.25, 0.3) is 5.88 Å². The molecule has 8 nitrogen and oxygen atoms in total. The standard InChI is InChI=1S/C21H23ClFN5O3/c1-21(2,3)31-20(29)27-9-6-7-13(12-27)30-19-16(23)17(22)25-18(26-19)14-11-24-28-10-5-4-8-15(14)28/h4-5,8,10-11,13H,6-7,9,12H2,1-3H3/t13-/m1/s1. The summed E-state index contributed by atoms with van der Waals surface area (Å²) in [5.41, 5.74) is 0.761. The zero-order valence-corrected chi connectivity index (χ0v) is 18.3. The zero-order chi connectivity index (χ0) is 22.2. The van der Waals surface area contributed by atoms with E-state index in [9.17, 15) is 9.18 Å². The van der Waals surface area contributed by atoms with Crippen LogP contribution in [0.15, 0.2) is 30.6 Å². The topological polar surface area (TPSA) is 81.8 Å². The maximum atomic E-state index is 14.7. The summed E-state index contributed by atoms with van der Waals surface area (Å²) >= 11 is 6.04. The molecule has 0 bridgehead atoms. The van der Waals surface area contributed by atoms with Crippen molar-refractivity contribution in [1.29, 1.82) is 0 Å².